The third kappa shape index (κ3) is 4.25. The maximum absolute atomic E-state index is 12.5. The van der Waals surface area contributed by atoms with Gasteiger partial charge >= 0.3 is 0 Å². The normalized spacial score (nSPS) is 11.0. The number of anilines is 1. The summed E-state index contributed by atoms with van der Waals surface area (Å²) in [6.45, 7) is 3.71. The summed E-state index contributed by atoms with van der Waals surface area (Å²) in [6, 6.07) is 19.1. The van der Waals surface area contributed by atoms with E-state index >= 15 is 0 Å². The molecule has 3 rings (SSSR count). The van der Waals surface area contributed by atoms with Gasteiger partial charge in [-0.1, -0.05) is 30.3 Å². The Morgan fingerprint density at radius 1 is 1.07 bits per heavy atom. The van der Waals surface area contributed by atoms with Crippen LogP contribution in [0.3, 0.4) is 0 Å². The molecule has 1 amide bonds. The third-order valence-electron chi connectivity index (χ3n) is 4.51. The van der Waals surface area contributed by atoms with Crippen molar-refractivity contribution < 1.29 is 14.7 Å². The molecule has 2 aromatic carbocycles. The number of rotatable bonds is 5. The lowest BCUT2D eigenvalue weighted by molar-refractivity contribution is -0.255. The van der Waals surface area contributed by atoms with Crippen LogP contribution >= 0.6 is 0 Å². The van der Waals surface area contributed by atoms with Crippen LogP contribution in [0.5, 0.6) is 0 Å². The first-order valence-corrected chi connectivity index (χ1v) is 8.89. The van der Waals surface area contributed by atoms with Crippen molar-refractivity contribution >= 4 is 23.6 Å². The molecule has 0 aliphatic heterocycles. The van der Waals surface area contributed by atoms with Crippen LogP contribution in [0.2, 0.25) is 0 Å². The molecule has 144 valence electrons. The minimum atomic E-state index is -1.25. The first-order chi connectivity index (χ1) is 13.9. The number of hydrogen-bond acceptors (Lipinski definition) is 4. The zero-order valence-electron chi connectivity index (χ0n) is 16.0. The van der Waals surface area contributed by atoms with E-state index in [4.69, 9.17) is 0 Å². The lowest BCUT2D eigenvalue weighted by atomic mass is 10.1. The summed E-state index contributed by atoms with van der Waals surface area (Å²) in [6.07, 6.45) is 1.53. The number of aromatic nitrogens is 1. The first kappa shape index (κ1) is 19.6. The van der Waals surface area contributed by atoms with Crippen LogP contribution in [0.25, 0.3) is 11.8 Å². The molecule has 1 aromatic heterocycles. The van der Waals surface area contributed by atoms with Crippen molar-refractivity contribution in [1.82, 2.24) is 4.57 Å². The van der Waals surface area contributed by atoms with Gasteiger partial charge in [-0.3, -0.25) is 4.79 Å². The standard InChI is InChI=1S/C23H19N3O3/c1-15-11-18(12-19(14-24)22(27)25-20-8-4-3-5-9-20)16(2)26(15)21-10-6-7-17(13-21)23(28)29/h3-13H,1-2H3,(H,25,27)(H,28,29)/p-1/b19-12+. The van der Waals surface area contributed by atoms with Gasteiger partial charge in [-0.2, -0.15) is 5.26 Å². The van der Waals surface area contributed by atoms with Gasteiger partial charge < -0.3 is 19.8 Å². The summed E-state index contributed by atoms with van der Waals surface area (Å²) < 4.78 is 1.86. The topological polar surface area (TPSA) is 98.0 Å². The van der Waals surface area contributed by atoms with E-state index < -0.39 is 11.9 Å². The molecule has 0 radical (unpaired) electrons. The maximum atomic E-state index is 12.5. The minimum absolute atomic E-state index is 0.0300. The lowest BCUT2D eigenvalue weighted by Crippen LogP contribution is -2.22. The van der Waals surface area contributed by atoms with Crippen molar-refractivity contribution in [1.29, 1.82) is 5.26 Å². The average Bonchev–Trinajstić information content (AvgIpc) is 2.99. The Bertz CT molecular complexity index is 1150. The Kier molecular flexibility index (Phi) is 5.61. The van der Waals surface area contributed by atoms with E-state index in [1.165, 1.54) is 18.2 Å². The highest BCUT2D eigenvalue weighted by atomic mass is 16.4. The number of amides is 1. The highest BCUT2D eigenvalue weighted by Crippen LogP contribution is 2.23. The summed E-state index contributed by atoms with van der Waals surface area (Å²) in [5.74, 6) is -1.75. The summed E-state index contributed by atoms with van der Waals surface area (Å²) >= 11 is 0. The van der Waals surface area contributed by atoms with Crippen molar-refractivity contribution in [3.8, 4) is 11.8 Å². The molecule has 0 aliphatic carbocycles. The largest absolute Gasteiger partial charge is 0.545 e. The molecule has 0 bridgehead atoms. The summed E-state index contributed by atoms with van der Waals surface area (Å²) in [7, 11) is 0. The van der Waals surface area contributed by atoms with E-state index in [1.807, 2.05) is 36.6 Å². The molecule has 0 atom stereocenters. The van der Waals surface area contributed by atoms with Crippen LogP contribution in [0, 0.1) is 25.2 Å². The fourth-order valence-electron chi connectivity index (χ4n) is 3.13. The molecule has 0 aliphatic rings. The predicted molar refractivity (Wildman–Crippen MR) is 108 cm³/mol. The van der Waals surface area contributed by atoms with Crippen LogP contribution in [-0.4, -0.2) is 16.4 Å². The molecular formula is C23H18N3O3-. The Labute approximate surface area is 168 Å². The number of para-hydroxylation sites is 1. The van der Waals surface area contributed by atoms with Gasteiger partial charge in [-0.15, -0.1) is 0 Å². The summed E-state index contributed by atoms with van der Waals surface area (Å²) in [5, 5.41) is 23.3. The second kappa shape index (κ2) is 8.28. The SMILES string of the molecule is Cc1cc(/C=C(\C#N)C(=O)Nc2ccccc2)c(C)n1-c1cccc(C(=O)[O-])c1. The lowest BCUT2D eigenvalue weighted by Gasteiger charge is -2.12. The molecule has 0 unspecified atom stereocenters. The Morgan fingerprint density at radius 2 is 1.79 bits per heavy atom. The number of nitrogens with one attached hydrogen (secondary N) is 1. The first-order valence-electron chi connectivity index (χ1n) is 8.89. The van der Waals surface area contributed by atoms with Crippen molar-refractivity contribution in [3.05, 3.63) is 88.8 Å². The molecule has 0 spiro atoms. The molecular weight excluding hydrogens is 366 g/mol. The quantitative estimate of drug-likeness (QED) is 0.540. The van der Waals surface area contributed by atoms with Crippen LogP contribution in [0.15, 0.2) is 66.2 Å². The third-order valence-corrected chi connectivity index (χ3v) is 4.51. The van der Waals surface area contributed by atoms with Crippen molar-refractivity contribution in [2.45, 2.75) is 13.8 Å². The van der Waals surface area contributed by atoms with E-state index in [9.17, 15) is 20.0 Å². The van der Waals surface area contributed by atoms with Gasteiger partial charge in [0.15, 0.2) is 0 Å². The Hall–Kier alpha value is -4.11. The summed E-state index contributed by atoms with van der Waals surface area (Å²) in [4.78, 5) is 23.6. The number of carbonyl (C=O) groups is 2. The van der Waals surface area contributed by atoms with E-state index in [0.29, 0.717) is 16.9 Å². The highest BCUT2D eigenvalue weighted by molar-refractivity contribution is 6.09. The van der Waals surface area contributed by atoms with Gasteiger partial charge in [-0.05, 0) is 61.4 Å². The van der Waals surface area contributed by atoms with Crippen molar-refractivity contribution in [2.24, 2.45) is 0 Å². The fraction of sp³-hybridized carbons (Fsp3) is 0.0870. The van der Waals surface area contributed by atoms with Gasteiger partial charge in [0.25, 0.3) is 5.91 Å². The molecule has 1 N–H and O–H groups in total. The molecule has 0 saturated carbocycles. The average molecular weight is 384 g/mol. The van der Waals surface area contributed by atoms with Crippen LogP contribution in [0.1, 0.15) is 27.3 Å². The monoisotopic (exact) mass is 384 g/mol. The van der Waals surface area contributed by atoms with E-state index in [0.717, 1.165) is 11.4 Å². The molecule has 0 saturated heterocycles. The van der Waals surface area contributed by atoms with Gasteiger partial charge in [0, 0.05) is 22.8 Å². The smallest absolute Gasteiger partial charge is 0.266 e. The molecule has 6 heteroatoms. The maximum Gasteiger partial charge on any atom is 0.266 e. The van der Waals surface area contributed by atoms with Gasteiger partial charge in [-0.25, -0.2) is 0 Å². The minimum Gasteiger partial charge on any atom is -0.545 e. The molecule has 0 fully saturated rings. The van der Waals surface area contributed by atoms with Crippen molar-refractivity contribution in [3.63, 3.8) is 0 Å². The van der Waals surface area contributed by atoms with E-state index in [2.05, 4.69) is 5.32 Å². The fourth-order valence-corrected chi connectivity index (χ4v) is 3.13. The van der Waals surface area contributed by atoms with Crippen molar-refractivity contribution in [2.75, 3.05) is 5.32 Å². The predicted octanol–water partition coefficient (Wildman–Crippen LogP) is 3.00. The van der Waals surface area contributed by atoms with Gasteiger partial charge in [0.05, 0.1) is 5.97 Å². The van der Waals surface area contributed by atoms with Gasteiger partial charge in [0.2, 0.25) is 0 Å². The number of carboxylic acid groups (broad SMARTS) is 1. The number of nitriles is 1. The number of aryl methyl sites for hydroxylation is 1. The van der Waals surface area contributed by atoms with E-state index in [1.54, 1.807) is 36.4 Å². The molecule has 6 nitrogen and oxygen atoms in total. The molecule has 1 heterocycles. The zero-order chi connectivity index (χ0) is 21.0. The zero-order valence-corrected chi connectivity index (χ0v) is 16.0. The number of nitrogens with zero attached hydrogens (tertiary/aromatic N) is 2. The second-order valence-corrected chi connectivity index (χ2v) is 6.49. The van der Waals surface area contributed by atoms with Crippen LogP contribution in [0.4, 0.5) is 5.69 Å². The van der Waals surface area contributed by atoms with Crippen LogP contribution in [-0.2, 0) is 4.79 Å². The molecule has 3 aromatic rings. The number of aromatic carboxylic acids is 1. The Balaban J connectivity index is 1.96. The highest BCUT2D eigenvalue weighted by Gasteiger charge is 2.14. The number of benzene rings is 2. The Morgan fingerprint density at radius 3 is 2.45 bits per heavy atom. The van der Waals surface area contributed by atoms with E-state index in [-0.39, 0.29) is 11.1 Å². The number of hydrogen-bond donors (Lipinski definition) is 1. The second-order valence-electron chi connectivity index (χ2n) is 6.49. The number of carboxylic acids is 1. The summed E-state index contributed by atoms with van der Waals surface area (Å²) in [5.41, 5.74) is 3.62. The van der Waals surface area contributed by atoms with Crippen LogP contribution < -0.4 is 10.4 Å². The number of carbonyl (C=O) groups excluding carboxylic acids is 2. The molecule has 29 heavy (non-hydrogen) atoms. The van der Waals surface area contributed by atoms with Gasteiger partial charge in [0.1, 0.15) is 11.6 Å².